The molecule has 0 bridgehead atoms. The number of methoxy groups -OCH3 is 1. The summed E-state index contributed by atoms with van der Waals surface area (Å²) in [5.74, 6) is 0.426. The van der Waals surface area contributed by atoms with Crippen molar-refractivity contribution in [1.29, 1.82) is 0 Å². The van der Waals surface area contributed by atoms with E-state index >= 15 is 0 Å². The molecular formula is C30H31ClN4O3. The molecule has 1 saturated heterocycles. The molecule has 5 rings (SSSR count). The molecule has 2 amide bonds. The number of nitrogens with two attached hydrogens (primary N) is 1. The zero-order valence-corrected chi connectivity index (χ0v) is 22.4. The number of aromatic nitrogens is 2. The van der Waals surface area contributed by atoms with E-state index in [0.717, 1.165) is 45.0 Å². The predicted octanol–water partition coefficient (Wildman–Crippen LogP) is 5.30. The molecule has 0 spiro atoms. The Balaban J connectivity index is 1.48. The second kappa shape index (κ2) is 10.9. The van der Waals surface area contributed by atoms with Crippen LogP contribution in [-0.2, 0) is 16.0 Å². The monoisotopic (exact) mass is 530 g/mol. The molecule has 0 unspecified atom stereocenters. The lowest BCUT2D eigenvalue weighted by atomic mass is 9.96. The van der Waals surface area contributed by atoms with E-state index in [1.165, 1.54) is 0 Å². The summed E-state index contributed by atoms with van der Waals surface area (Å²) in [7, 11) is 1.64. The Morgan fingerprint density at radius 3 is 2.42 bits per heavy atom. The third-order valence-corrected chi connectivity index (χ3v) is 7.64. The summed E-state index contributed by atoms with van der Waals surface area (Å²) in [5, 5.41) is 0.704. The molecule has 1 aliphatic heterocycles. The van der Waals surface area contributed by atoms with Gasteiger partial charge in [0.25, 0.3) is 0 Å². The average molecular weight is 531 g/mol. The number of ether oxygens (including phenoxy) is 1. The first-order valence-corrected chi connectivity index (χ1v) is 13.2. The molecule has 3 heterocycles. The van der Waals surface area contributed by atoms with Crippen molar-refractivity contribution in [2.24, 2.45) is 11.7 Å². The third-order valence-electron chi connectivity index (χ3n) is 7.41. The molecule has 1 fully saturated rings. The number of hydrogen-bond acceptors (Lipinski definition) is 4. The number of aryl methyl sites for hydroxylation is 2. The van der Waals surface area contributed by atoms with E-state index in [2.05, 4.69) is 16.7 Å². The minimum Gasteiger partial charge on any atom is -0.497 e. The number of halogens is 1. The highest BCUT2D eigenvalue weighted by Crippen LogP contribution is 2.31. The number of piperidine rings is 1. The maximum Gasteiger partial charge on any atom is 0.222 e. The summed E-state index contributed by atoms with van der Waals surface area (Å²) >= 11 is 6.19. The highest BCUT2D eigenvalue weighted by Gasteiger charge is 2.26. The van der Waals surface area contributed by atoms with Crippen LogP contribution in [0.2, 0.25) is 5.02 Å². The fraction of sp³-hybridized carbons (Fsp3) is 0.300. The van der Waals surface area contributed by atoms with Gasteiger partial charge in [-0.15, -0.1) is 0 Å². The van der Waals surface area contributed by atoms with Crippen LogP contribution in [0.15, 0.2) is 60.8 Å². The van der Waals surface area contributed by atoms with Crippen LogP contribution in [0.3, 0.4) is 0 Å². The Kier molecular flexibility index (Phi) is 7.38. The summed E-state index contributed by atoms with van der Waals surface area (Å²) in [6.45, 7) is 3.17. The first-order valence-electron chi connectivity index (χ1n) is 12.8. The van der Waals surface area contributed by atoms with Gasteiger partial charge in [0.2, 0.25) is 11.8 Å². The minimum absolute atomic E-state index is 0.0771. The second-order valence-electron chi connectivity index (χ2n) is 9.80. The molecule has 0 saturated carbocycles. The lowest BCUT2D eigenvalue weighted by Gasteiger charge is -2.30. The number of likely N-dealkylation sites (tertiary alicyclic amines) is 1. The van der Waals surface area contributed by atoms with Crippen molar-refractivity contribution in [3.63, 3.8) is 0 Å². The SMILES string of the molecule is COc1ccc(-c2nc3ccc(-c4ccc(Cl)cc4C)cn3c2CCC(=O)N2CCC(C(N)=O)CC2)cc1. The first-order chi connectivity index (χ1) is 18.3. The van der Waals surface area contributed by atoms with E-state index in [9.17, 15) is 9.59 Å². The average Bonchev–Trinajstić information content (AvgIpc) is 3.29. The number of rotatable bonds is 7. The van der Waals surface area contributed by atoms with Gasteiger partial charge in [0.05, 0.1) is 18.5 Å². The summed E-state index contributed by atoms with van der Waals surface area (Å²) in [4.78, 5) is 31.5. The molecule has 1 aliphatic rings. The van der Waals surface area contributed by atoms with E-state index < -0.39 is 0 Å². The lowest BCUT2D eigenvalue weighted by molar-refractivity contribution is -0.134. The molecule has 0 aliphatic carbocycles. The van der Waals surface area contributed by atoms with Crippen molar-refractivity contribution in [3.05, 3.63) is 77.1 Å². The van der Waals surface area contributed by atoms with Gasteiger partial charge in [-0.25, -0.2) is 4.98 Å². The molecule has 4 aromatic rings. The topological polar surface area (TPSA) is 89.9 Å². The van der Waals surface area contributed by atoms with E-state index in [0.29, 0.717) is 43.8 Å². The molecule has 38 heavy (non-hydrogen) atoms. The summed E-state index contributed by atoms with van der Waals surface area (Å²) in [5.41, 5.74) is 12.3. The lowest BCUT2D eigenvalue weighted by Crippen LogP contribution is -2.41. The number of carbonyl (C=O) groups is 2. The van der Waals surface area contributed by atoms with E-state index in [-0.39, 0.29) is 17.7 Å². The van der Waals surface area contributed by atoms with E-state index in [1.54, 1.807) is 7.11 Å². The number of nitrogens with zero attached hydrogens (tertiary/aromatic N) is 3. The molecular weight excluding hydrogens is 500 g/mol. The largest absolute Gasteiger partial charge is 0.497 e. The summed E-state index contributed by atoms with van der Waals surface area (Å²) in [6, 6.07) is 17.8. The number of imidazole rings is 1. The van der Waals surface area contributed by atoms with E-state index in [4.69, 9.17) is 27.1 Å². The van der Waals surface area contributed by atoms with Crippen LogP contribution in [0.25, 0.3) is 28.0 Å². The molecule has 7 nitrogen and oxygen atoms in total. The maximum absolute atomic E-state index is 13.2. The molecule has 0 radical (unpaired) electrons. The van der Waals surface area contributed by atoms with E-state index in [1.807, 2.05) is 60.4 Å². The Morgan fingerprint density at radius 1 is 1.05 bits per heavy atom. The number of amides is 2. The maximum atomic E-state index is 13.2. The standard InChI is InChI=1S/C30H31ClN4O3/c1-19-17-23(31)6-9-25(19)22-5-11-27-33-29(20-3-7-24(38-2)8-4-20)26(35(27)18-22)10-12-28(36)34-15-13-21(14-16-34)30(32)37/h3-9,11,17-18,21H,10,12-16H2,1-2H3,(H2,32,37). The van der Waals surface area contributed by atoms with Crippen LogP contribution in [0.5, 0.6) is 5.75 Å². The fourth-order valence-electron chi connectivity index (χ4n) is 5.22. The first kappa shape index (κ1) is 25.8. The molecule has 196 valence electrons. The third kappa shape index (κ3) is 5.24. The molecule has 2 N–H and O–H groups in total. The fourth-order valence-corrected chi connectivity index (χ4v) is 5.45. The number of hydrogen-bond donors (Lipinski definition) is 1. The predicted molar refractivity (Wildman–Crippen MR) is 149 cm³/mol. The van der Waals surface area contributed by atoms with Crippen molar-refractivity contribution in [2.45, 2.75) is 32.6 Å². The smallest absolute Gasteiger partial charge is 0.222 e. The van der Waals surface area contributed by atoms with Crippen LogP contribution < -0.4 is 10.5 Å². The van der Waals surface area contributed by atoms with Crippen LogP contribution in [0.1, 0.15) is 30.5 Å². The van der Waals surface area contributed by atoms with Crippen molar-refractivity contribution in [3.8, 4) is 28.1 Å². The van der Waals surface area contributed by atoms with Crippen molar-refractivity contribution in [1.82, 2.24) is 14.3 Å². The van der Waals surface area contributed by atoms with Gasteiger partial charge < -0.3 is 19.8 Å². The number of benzene rings is 2. The Bertz CT molecular complexity index is 1490. The summed E-state index contributed by atoms with van der Waals surface area (Å²) < 4.78 is 7.43. The van der Waals surface area contributed by atoms with Gasteiger partial charge in [-0.1, -0.05) is 17.7 Å². The highest BCUT2D eigenvalue weighted by atomic mass is 35.5. The van der Waals surface area contributed by atoms with Gasteiger partial charge in [0.1, 0.15) is 11.4 Å². The molecule has 2 aromatic carbocycles. The van der Waals surface area contributed by atoms with Gasteiger partial charge in [-0.3, -0.25) is 9.59 Å². The molecule has 0 atom stereocenters. The Morgan fingerprint density at radius 2 is 1.76 bits per heavy atom. The van der Waals surface area contributed by atoms with Gasteiger partial charge in [0, 0.05) is 42.2 Å². The molecule has 2 aromatic heterocycles. The van der Waals surface area contributed by atoms with Gasteiger partial charge in [-0.05, 0) is 91.4 Å². The van der Waals surface area contributed by atoms with Crippen molar-refractivity contribution < 1.29 is 14.3 Å². The van der Waals surface area contributed by atoms with Crippen LogP contribution in [0, 0.1) is 12.8 Å². The van der Waals surface area contributed by atoms with Gasteiger partial charge in [0.15, 0.2) is 0 Å². The normalized spacial score (nSPS) is 14.1. The highest BCUT2D eigenvalue weighted by molar-refractivity contribution is 6.30. The van der Waals surface area contributed by atoms with Crippen LogP contribution >= 0.6 is 11.6 Å². The number of carbonyl (C=O) groups excluding carboxylic acids is 2. The minimum atomic E-state index is -0.279. The van der Waals surface area contributed by atoms with Crippen molar-refractivity contribution in [2.75, 3.05) is 20.2 Å². The second-order valence-corrected chi connectivity index (χ2v) is 10.2. The zero-order chi connectivity index (χ0) is 26.8. The summed E-state index contributed by atoms with van der Waals surface area (Å²) in [6.07, 6.45) is 4.21. The number of pyridine rings is 1. The Hall–Kier alpha value is -3.84. The van der Waals surface area contributed by atoms with Gasteiger partial charge in [-0.2, -0.15) is 0 Å². The van der Waals surface area contributed by atoms with Gasteiger partial charge >= 0.3 is 0 Å². The quantitative estimate of drug-likeness (QED) is 0.351. The van der Waals surface area contributed by atoms with Crippen LogP contribution in [0.4, 0.5) is 0 Å². The number of fused-ring (bicyclic) bond motifs is 1. The number of primary amides is 1. The van der Waals surface area contributed by atoms with Crippen molar-refractivity contribution >= 4 is 29.1 Å². The van der Waals surface area contributed by atoms with Crippen LogP contribution in [-0.4, -0.2) is 46.3 Å². The Labute approximate surface area is 227 Å². The zero-order valence-electron chi connectivity index (χ0n) is 21.6. The molecule has 8 heteroatoms.